The molecule has 1 saturated heterocycles. The highest BCUT2D eigenvalue weighted by molar-refractivity contribution is 5.99. The summed E-state index contributed by atoms with van der Waals surface area (Å²) in [6.45, 7) is 5.27. The molecule has 11 heteroatoms. The Balaban J connectivity index is 1.75. The van der Waals surface area contributed by atoms with Gasteiger partial charge in [-0.3, -0.25) is 14.4 Å². The van der Waals surface area contributed by atoms with Crippen LogP contribution in [-0.4, -0.2) is 89.2 Å². The van der Waals surface area contributed by atoms with E-state index in [4.69, 9.17) is 14.6 Å². The van der Waals surface area contributed by atoms with Crippen molar-refractivity contribution in [3.63, 3.8) is 0 Å². The number of hydrogen-bond acceptors (Lipinski definition) is 7. The molecule has 0 aliphatic carbocycles. The van der Waals surface area contributed by atoms with Gasteiger partial charge in [-0.15, -0.1) is 0 Å². The van der Waals surface area contributed by atoms with Gasteiger partial charge in [0.25, 0.3) is 5.91 Å². The average molecular weight is 487 g/mol. The number of carbonyl (C=O) groups excluding carboxylic acids is 3. The Labute approximate surface area is 203 Å². The number of carbonyl (C=O) groups is 4. The number of piperazine rings is 1. The summed E-state index contributed by atoms with van der Waals surface area (Å²) >= 11 is 0. The van der Waals surface area contributed by atoms with Crippen molar-refractivity contribution in [2.45, 2.75) is 32.7 Å². The molecular formula is C24H30N4O7. The Kier molecular flexibility index (Phi) is 8.82. The van der Waals surface area contributed by atoms with Crippen molar-refractivity contribution in [2.75, 3.05) is 39.4 Å². The molecule has 2 N–H and O–H groups in total. The molecule has 1 unspecified atom stereocenters. The highest BCUT2D eigenvalue weighted by atomic mass is 16.6. The SMILES string of the molecule is CCOC(=O)N1CCN(C(=O)C(CCC(=O)O)NC(=O)c2cc(OCC)c3ccccc3n2)CC1. The molecule has 1 aromatic carbocycles. The van der Waals surface area contributed by atoms with E-state index in [0.29, 0.717) is 17.9 Å². The van der Waals surface area contributed by atoms with Crippen LogP contribution in [0.2, 0.25) is 0 Å². The standard InChI is InChI=1S/C24H30N4O7/c1-3-34-20-15-19(25-17-8-6-5-7-16(17)20)22(31)26-18(9-10-21(29)30)23(32)27-11-13-28(14-12-27)24(33)35-4-2/h5-8,15,18H,3-4,9-14H2,1-2H3,(H,26,31)(H,29,30). The molecule has 1 aromatic heterocycles. The van der Waals surface area contributed by atoms with Crippen molar-refractivity contribution < 1.29 is 33.8 Å². The lowest BCUT2D eigenvalue weighted by atomic mass is 10.1. The van der Waals surface area contributed by atoms with Crippen LogP contribution in [0, 0.1) is 0 Å². The summed E-state index contributed by atoms with van der Waals surface area (Å²) in [6.07, 6.45) is -0.818. The second-order valence-corrected chi connectivity index (χ2v) is 7.93. The van der Waals surface area contributed by atoms with Gasteiger partial charge in [0.2, 0.25) is 5.91 Å². The fourth-order valence-electron chi connectivity index (χ4n) is 3.84. The zero-order chi connectivity index (χ0) is 25.4. The van der Waals surface area contributed by atoms with Gasteiger partial charge in [0.15, 0.2) is 0 Å². The molecule has 188 valence electrons. The predicted octanol–water partition coefficient (Wildman–Crippen LogP) is 1.90. The smallest absolute Gasteiger partial charge is 0.409 e. The summed E-state index contributed by atoms with van der Waals surface area (Å²) in [5.41, 5.74) is 0.625. The number of fused-ring (bicyclic) bond motifs is 1. The van der Waals surface area contributed by atoms with E-state index >= 15 is 0 Å². The number of carboxylic acids is 1. The number of amides is 3. The van der Waals surface area contributed by atoms with E-state index in [1.807, 2.05) is 19.1 Å². The average Bonchev–Trinajstić information content (AvgIpc) is 2.86. The monoisotopic (exact) mass is 486 g/mol. The second-order valence-electron chi connectivity index (χ2n) is 7.93. The molecule has 1 aliphatic heterocycles. The zero-order valence-corrected chi connectivity index (χ0v) is 19.9. The maximum absolute atomic E-state index is 13.2. The summed E-state index contributed by atoms with van der Waals surface area (Å²) in [7, 11) is 0. The summed E-state index contributed by atoms with van der Waals surface area (Å²) in [6, 6.07) is 7.68. The molecule has 2 aromatic rings. The van der Waals surface area contributed by atoms with Gasteiger partial charge in [-0.25, -0.2) is 9.78 Å². The molecule has 11 nitrogen and oxygen atoms in total. The lowest BCUT2D eigenvalue weighted by molar-refractivity contribution is -0.138. The molecule has 1 aliphatic rings. The van der Waals surface area contributed by atoms with Crippen molar-refractivity contribution >= 4 is 34.8 Å². The first-order chi connectivity index (χ1) is 16.8. The lowest BCUT2D eigenvalue weighted by Gasteiger charge is -2.35. The number of carboxylic acid groups (broad SMARTS) is 1. The molecule has 0 saturated carbocycles. The summed E-state index contributed by atoms with van der Waals surface area (Å²) in [5.74, 6) is -1.60. The van der Waals surface area contributed by atoms with E-state index in [2.05, 4.69) is 10.3 Å². The molecule has 1 fully saturated rings. The number of pyridine rings is 1. The third-order valence-corrected chi connectivity index (χ3v) is 5.58. The van der Waals surface area contributed by atoms with E-state index in [1.165, 1.54) is 15.9 Å². The highest BCUT2D eigenvalue weighted by Crippen LogP contribution is 2.25. The van der Waals surface area contributed by atoms with Crippen molar-refractivity contribution in [2.24, 2.45) is 0 Å². The Bertz CT molecular complexity index is 1080. The summed E-state index contributed by atoms with van der Waals surface area (Å²) < 4.78 is 10.7. The number of nitrogens with one attached hydrogen (secondary N) is 1. The number of benzene rings is 1. The van der Waals surface area contributed by atoms with Gasteiger partial charge in [-0.2, -0.15) is 0 Å². The van der Waals surface area contributed by atoms with Crippen LogP contribution >= 0.6 is 0 Å². The van der Waals surface area contributed by atoms with Crippen molar-refractivity contribution in [1.29, 1.82) is 0 Å². The highest BCUT2D eigenvalue weighted by Gasteiger charge is 2.31. The normalized spacial score (nSPS) is 14.3. The van der Waals surface area contributed by atoms with Crippen LogP contribution in [0.25, 0.3) is 10.9 Å². The third kappa shape index (κ3) is 6.58. The van der Waals surface area contributed by atoms with Gasteiger partial charge in [0, 0.05) is 44.1 Å². The molecule has 35 heavy (non-hydrogen) atoms. The number of aromatic nitrogens is 1. The molecular weight excluding hydrogens is 456 g/mol. The Hall–Kier alpha value is -3.89. The van der Waals surface area contributed by atoms with Gasteiger partial charge in [0.1, 0.15) is 17.5 Å². The van der Waals surface area contributed by atoms with Crippen LogP contribution in [0.5, 0.6) is 5.75 Å². The van der Waals surface area contributed by atoms with Crippen LogP contribution in [-0.2, 0) is 14.3 Å². The Morgan fingerprint density at radius 1 is 1.06 bits per heavy atom. The second kappa shape index (κ2) is 12.0. The third-order valence-electron chi connectivity index (χ3n) is 5.58. The Morgan fingerprint density at radius 3 is 2.40 bits per heavy atom. The molecule has 0 radical (unpaired) electrons. The number of nitrogens with zero attached hydrogens (tertiary/aromatic N) is 3. The van der Waals surface area contributed by atoms with E-state index in [1.54, 1.807) is 19.1 Å². The van der Waals surface area contributed by atoms with E-state index in [0.717, 1.165) is 5.39 Å². The van der Waals surface area contributed by atoms with Crippen LogP contribution in [0.4, 0.5) is 4.79 Å². The number of hydrogen-bond donors (Lipinski definition) is 2. The molecule has 2 heterocycles. The van der Waals surface area contributed by atoms with Gasteiger partial charge in [-0.1, -0.05) is 12.1 Å². The number of para-hydroxylation sites is 1. The Morgan fingerprint density at radius 2 is 1.74 bits per heavy atom. The fraction of sp³-hybridized carbons (Fsp3) is 0.458. The molecule has 3 rings (SSSR count). The van der Waals surface area contributed by atoms with Gasteiger partial charge in [-0.05, 0) is 32.4 Å². The molecule has 0 spiro atoms. The lowest BCUT2D eigenvalue weighted by Crippen LogP contribution is -2.56. The van der Waals surface area contributed by atoms with Crippen molar-refractivity contribution in [1.82, 2.24) is 20.1 Å². The molecule has 3 amide bonds. The van der Waals surface area contributed by atoms with Crippen molar-refractivity contribution in [3.05, 3.63) is 36.0 Å². The molecule has 0 bridgehead atoms. The minimum absolute atomic E-state index is 0.0624. The minimum atomic E-state index is -1.08. The first kappa shape index (κ1) is 25.7. The predicted molar refractivity (Wildman–Crippen MR) is 126 cm³/mol. The van der Waals surface area contributed by atoms with Gasteiger partial charge < -0.3 is 29.7 Å². The number of rotatable bonds is 9. The topological polar surface area (TPSA) is 138 Å². The van der Waals surface area contributed by atoms with Crippen LogP contribution in [0.3, 0.4) is 0 Å². The van der Waals surface area contributed by atoms with Gasteiger partial charge in [0.05, 0.1) is 18.7 Å². The molecule has 1 atom stereocenters. The fourth-order valence-corrected chi connectivity index (χ4v) is 3.84. The summed E-state index contributed by atoms with van der Waals surface area (Å²) in [5, 5.41) is 12.6. The number of ether oxygens (including phenoxy) is 2. The van der Waals surface area contributed by atoms with Crippen molar-refractivity contribution in [3.8, 4) is 5.75 Å². The van der Waals surface area contributed by atoms with Crippen LogP contribution in [0.15, 0.2) is 30.3 Å². The quantitative estimate of drug-likeness (QED) is 0.548. The van der Waals surface area contributed by atoms with Gasteiger partial charge >= 0.3 is 12.1 Å². The first-order valence-electron chi connectivity index (χ1n) is 11.6. The maximum Gasteiger partial charge on any atom is 0.409 e. The zero-order valence-electron chi connectivity index (χ0n) is 19.9. The maximum atomic E-state index is 13.2. The summed E-state index contributed by atoms with van der Waals surface area (Å²) in [4.78, 5) is 56.8. The minimum Gasteiger partial charge on any atom is -0.493 e. The number of aliphatic carboxylic acids is 1. The van der Waals surface area contributed by atoms with Crippen LogP contribution in [0.1, 0.15) is 37.2 Å². The van der Waals surface area contributed by atoms with E-state index < -0.39 is 29.9 Å². The van der Waals surface area contributed by atoms with E-state index in [-0.39, 0.29) is 51.3 Å². The largest absolute Gasteiger partial charge is 0.493 e. The van der Waals surface area contributed by atoms with E-state index in [9.17, 15) is 19.2 Å². The van der Waals surface area contributed by atoms with Crippen LogP contribution < -0.4 is 10.1 Å². The first-order valence-corrected chi connectivity index (χ1v) is 11.6.